The van der Waals surface area contributed by atoms with Gasteiger partial charge in [0, 0.05) is 22.5 Å². The van der Waals surface area contributed by atoms with Gasteiger partial charge in [0.05, 0.1) is 18.4 Å². The number of rotatable bonds is 9. The van der Waals surface area contributed by atoms with E-state index in [0.29, 0.717) is 48.1 Å². The van der Waals surface area contributed by atoms with Crippen LogP contribution >= 0.6 is 11.6 Å². The Hall–Kier alpha value is -3.09. The second-order valence-electron chi connectivity index (χ2n) is 14.3. The molecule has 6 rings (SSSR count). The SMILES string of the molecule is C[C@@H](COc1ccnc2c1[C@H](C)CC[C@H]2C)C[C@H]1Cc2ccc([C@@H](C)O)cc2C12CCC(Nc1cccc(Cl)c1)(C(=O)O)CC2. The molecule has 2 aromatic carbocycles. The van der Waals surface area contributed by atoms with Crippen molar-refractivity contribution in [1.82, 2.24) is 4.98 Å². The van der Waals surface area contributed by atoms with Crippen molar-refractivity contribution in [2.24, 2.45) is 11.8 Å². The van der Waals surface area contributed by atoms with Crippen molar-refractivity contribution in [1.29, 1.82) is 0 Å². The second kappa shape index (κ2) is 12.6. The minimum absolute atomic E-state index is 0.150. The highest BCUT2D eigenvalue weighted by Gasteiger charge is 2.54. The van der Waals surface area contributed by atoms with Crippen LogP contribution in [0.5, 0.6) is 5.75 Å². The summed E-state index contributed by atoms with van der Waals surface area (Å²) in [7, 11) is 0. The number of aromatic nitrogens is 1. The van der Waals surface area contributed by atoms with E-state index in [1.165, 1.54) is 28.8 Å². The zero-order valence-corrected chi connectivity index (χ0v) is 27.7. The summed E-state index contributed by atoms with van der Waals surface area (Å²) in [5.41, 5.74) is 5.53. The molecule has 1 spiro atoms. The molecule has 0 aliphatic heterocycles. The normalized spacial score (nSPS) is 28.6. The smallest absolute Gasteiger partial charge is 0.329 e. The first-order valence-corrected chi connectivity index (χ1v) is 17.1. The highest BCUT2D eigenvalue weighted by molar-refractivity contribution is 6.30. The van der Waals surface area contributed by atoms with Crippen molar-refractivity contribution >= 4 is 23.3 Å². The van der Waals surface area contributed by atoms with Crippen molar-refractivity contribution < 1.29 is 19.7 Å². The van der Waals surface area contributed by atoms with Crippen LogP contribution in [0.25, 0.3) is 0 Å². The Bertz CT molecular complexity index is 1550. The van der Waals surface area contributed by atoms with Gasteiger partial charge in [0.15, 0.2) is 0 Å². The number of carbonyl (C=O) groups is 1. The first-order chi connectivity index (χ1) is 21.5. The molecule has 1 aromatic heterocycles. The number of pyridine rings is 1. The summed E-state index contributed by atoms with van der Waals surface area (Å²) in [4.78, 5) is 17.6. The first kappa shape index (κ1) is 31.9. The highest BCUT2D eigenvalue weighted by atomic mass is 35.5. The molecule has 7 heteroatoms. The van der Waals surface area contributed by atoms with E-state index in [-0.39, 0.29) is 5.41 Å². The molecule has 240 valence electrons. The van der Waals surface area contributed by atoms with E-state index in [2.05, 4.69) is 38.2 Å². The number of carboxylic acids is 1. The van der Waals surface area contributed by atoms with Gasteiger partial charge in [-0.05, 0) is 128 Å². The van der Waals surface area contributed by atoms with Crippen LogP contribution < -0.4 is 10.1 Å². The number of hydrogen-bond acceptors (Lipinski definition) is 5. The lowest BCUT2D eigenvalue weighted by atomic mass is 9.59. The van der Waals surface area contributed by atoms with E-state index in [0.717, 1.165) is 49.1 Å². The zero-order chi connectivity index (χ0) is 31.9. The third-order valence-corrected chi connectivity index (χ3v) is 11.4. The Labute approximate surface area is 272 Å². The predicted octanol–water partition coefficient (Wildman–Crippen LogP) is 8.81. The summed E-state index contributed by atoms with van der Waals surface area (Å²) >= 11 is 6.24. The monoisotopic (exact) mass is 630 g/mol. The van der Waals surface area contributed by atoms with Crippen molar-refractivity contribution in [3.05, 3.63) is 87.7 Å². The lowest BCUT2D eigenvalue weighted by molar-refractivity contribution is -0.144. The lowest BCUT2D eigenvalue weighted by Crippen LogP contribution is -2.53. The topological polar surface area (TPSA) is 91.7 Å². The number of nitrogens with one attached hydrogen (secondary N) is 1. The van der Waals surface area contributed by atoms with Gasteiger partial charge in [0.1, 0.15) is 11.3 Å². The molecule has 0 radical (unpaired) electrons. The molecule has 1 heterocycles. The fourth-order valence-electron chi connectivity index (χ4n) is 8.57. The number of aliphatic hydroxyl groups excluding tert-OH is 1. The Morgan fingerprint density at radius 1 is 1.07 bits per heavy atom. The van der Waals surface area contributed by atoms with Crippen LogP contribution in [0.3, 0.4) is 0 Å². The molecule has 0 bridgehead atoms. The van der Waals surface area contributed by atoms with Crippen LogP contribution in [0.2, 0.25) is 5.02 Å². The molecule has 1 saturated carbocycles. The predicted molar refractivity (Wildman–Crippen MR) is 179 cm³/mol. The average Bonchev–Trinajstić information content (AvgIpc) is 3.30. The van der Waals surface area contributed by atoms with Crippen LogP contribution in [0.4, 0.5) is 5.69 Å². The minimum Gasteiger partial charge on any atom is -0.493 e. The number of anilines is 1. The summed E-state index contributed by atoms with van der Waals surface area (Å²) in [5.74, 6) is 1.73. The second-order valence-corrected chi connectivity index (χ2v) is 14.7. The maximum atomic E-state index is 12.8. The number of carboxylic acid groups (broad SMARTS) is 1. The quantitative estimate of drug-likeness (QED) is 0.219. The average molecular weight is 631 g/mol. The van der Waals surface area contributed by atoms with E-state index in [1.54, 1.807) is 12.1 Å². The van der Waals surface area contributed by atoms with Crippen molar-refractivity contribution in [2.75, 3.05) is 11.9 Å². The van der Waals surface area contributed by atoms with E-state index in [4.69, 9.17) is 21.3 Å². The van der Waals surface area contributed by atoms with Crippen LogP contribution in [0, 0.1) is 11.8 Å². The molecule has 6 nitrogen and oxygen atoms in total. The number of aliphatic carboxylic acids is 1. The van der Waals surface area contributed by atoms with Gasteiger partial charge in [-0.1, -0.05) is 56.6 Å². The van der Waals surface area contributed by atoms with Crippen LogP contribution in [-0.2, 0) is 16.6 Å². The molecule has 0 saturated heterocycles. The van der Waals surface area contributed by atoms with E-state index in [1.807, 2.05) is 37.4 Å². The largest absolute Gasteiger partial charge is 0.493 e. The Balaban J connectivity index is 1.24. The van der Waals surface area contributed by atoms with Crippen molar-refractivity contribution in [3.8, 4) is 5.75 Å². The molecule has 3 aromatic rings. The van der Waals surface area contributed by atoms with E-state index in [9.17, 15) is 15.0 Å². The van der Waals surface area contributed by atoms with Gasteiger partial charge in [-0.3, -0.25) is 4.98 Å². The number of ether oxygens (including phenoxy) is 1. The summed E-state index contributed by atoms with van der Waals surface area (Å²) in [5, 5.41) is 24.9. The minimum atomic E-state index is -1.06. The van der Waals surface area contributed by atoms with Crippen LogP contribution in [0.1, 0.15) is 119 Å². The molecule has 45 heavy (non-hydrogen) atoms. The summed E-state index contributed by atoms with van der Waals surface area (Å²) in [6.07, 6.45) is 8.14. The molecule has 0 unspecified atom stereocenters. The number of nitrogens with zero attached hydrogens (tertiary/aromatic N) is 1. The highest BCUT2D eigenvalue weighted by Crippen LogP contribution is 2.56. The lowest BCUT2D eigenvalue weighted by Gasteiger charge is -2.47. The van der Waals surface area contributed by atoms with Gasteiger partial charge in [-0.2, -0.15) is 0 Å². The Morgan fingerprint density at radius 2 is 1.82 bits per heavy atom. The number of fused-ring (bicyclic) bond motifs is 3. The van der Waals surface area contributed by atoms with Gasteiger partial charge in [-0.15, -0.1) is 0 Å². The summed E-state index contributed by atoms with van der Waals surface area (Å²) < 4.78 is 6.57. The zero-order valence-electron chi connectivity index (χ0n) is 27.0. The number of benzene rings is 2. The van der Waals surface area contributed by atoms with E-state index < -0.39 is 17.6 Å². The first-order valence-electron chi connectivity index (χ1n) is 16.7. The standard InChI is InChI=1S/C38H47ClN2O4/c1-23(22-45-33-12-17-40-35-25(3)9-8-24(2)34(33)35)18-29-19-28-11-10-27(26(4)42)20-32(28)37(29)13-15-38(16-14-37,36(43)44)41-31-7-5-6-30(39)21-31/h5-7,10-12,17,20-21,23-26,29,41-42H,8-9,13-16,18-19,22H2,1-4H3,(H,43,44)/t23-,24-,25-,26-,29+,37?,38?/m1/s1. The van der Waals surface area contributed by atoms with Gasteiger partial charge in [-0.25, -0.2) is 4.79 Å². The third kappa shape index (κ3) is 6.08. The Kier molecular flexibility index (Phi) is 8.93. The van der Waals surface area contributed by atoms with Gasteiger partial charge < -0.3 is 20.3 Å². The number of aliphatic hydroxyl groups is 1. The molecule has 3 aliphatic carbocycles. The fraction of sp³-hybridized carbons (Fsp3) is 0.526. The van der Waals surface area contributed by atoms with Gasteiger partial charge in [0.2, 0.25) is 0 Å². The number of hydrogen-bond donors (Lipinski definition) is 3. The molecule has 1 fully saturated rings. The summed E-state index contributed by atoms with van der Waals surface area (Å²) in [6, 6.07) is 15.8. The van der Waals surface area contributed by atoms with Crippen molar-refractivity contribution in [2.45, 2.75) is 108 Å². The molecular weight excluding hydrogens is 584 g/mol. The van der Waals surface area contributed by atoms with Crippen LogP contribution in [-0.4, -0.2) is 33.3 Å². The molecule has 3 aliphatic rings. The molecule has 3 N–H and O–H groups in total. The molecule has 5 atom stereocenters. The van der Waals surface area contributed by atoms with Gasteiger partial charge in [0.25, 0.3) is 0 Å². The molecule has 0 amide bonds. The van der Waals surface area contributed by atoms with E-state index >= 15 is 0 Å². The Morgan fingerprint density at radius 3 is 2.53 bits per heavy atom. The maximum absolute atomic E-state index is 12.8. The fourth-order valence-corrected chi connectivity index (χ4v) is 8.76. The summed E-state index contributed by atoms with van der Waals surface area (Å²) in [6.45, 7) is 9.27. The maximum Gasteiger partial charge on any atom is 0.329 e. The van der Waals surface area contributed by atoms with Crippen LogP contribution in [0.15, 0.2) is 54.7 Å². The van der Waals surface area contributed by atoms with Gasteiger partial charge >= 0.3 is 5.97 Å². The molecular formula is C38H47ClN2O4. The number of halogens is 1. The third-order valence-electron chi connectivity index (χ3n) is 11.2. The van der Waals surface area contributed by atoms with Crippen molar-refractivity contribution in [3.63, 3.8) is 0 Å².